The first-order valence-corrected chi connectivity index (χ1v) is 4.96. The van der Waals surface area contributed by atoms with Crippen molar-refractivity contribution in [1.82, 2.24) is 4.98 Å². The Labute approximate surface area is 88.6 Å². The number of pyridine rings is 1. The van der Waals surface area contributed by atoms with Gasteiger partial charge in [0.2, 0.25) is 0 Å². The van der Waals surface area contributed by atoms with E-state index >= 15 is 0 Å². The molecule has 14 heavy (non-hydrogen) atoms. The van der Waals surface area contributed by atoms with E-state index in [1.54, 1.807) is 6.07 Å². The number of ether oxygens (including phenoxy) is 1. The number of aromatic nitrogens is 1. The van der Waals surface area contributed by atoms with Crippen LogP contribution in [-0.4, -0.2) is 31.3 Å². The van der Waals surface area contributed by atoms with E-state index in [2.05, 4.69) is 16.8 Å². The molecule has 0 aliphatic carbocycles. The molecule has 1 aliphatic heterocycles. The molecule has 0 amide bonds. The third kappa shape index (κ3) is 1.99. The van der Waals surface area contributed by atoms with Crippen molar-refractivity contribution < 1.29 is 4.74 Å². The minimum absolute atomic E-state index is 0.493. The Morgan fingerprint density at radius 1 is 1.36 bits per heavy atom. The molecule has 0 spiro atoms. The first kappa shape index (κ1) is 9.74. The van der Waals surface area contributed by atoms with Gasteiger partial charge in [-0.05, 0) is 19.1 Å². The Bertz CT molecular complexity index is 324. The van der Waals surface area contributed by atoms with Gasteiger partial charge in [-0.15, -0.1) is 0 Å². The molecule has 1 radical (unpaired) electrons. The SMILES string of the molecule is [CH2]c1nc(Cl)ccc1N1CCOCC1. The molecular weight excluding hydrogens is 200 g/mol. The van der Waals surface area contributed by atoms with Gasteiger partial charge in [0.25, 0.3) is 0 Å². The summed E-state index contributed by atoms with van der Waals surface area (Å²) in [5.41, 5.74) is 1.79. The van der Waals surface area contributed by atoms with Gasteiger partial charge in [-0.25, -0.2) is 4.98 Å². The van der Waals surface area contributed by atoms with Crippen molar-refractivity contribution >= 4 is 17.3 Å². The third-order valence-corrected chi connectivity index (χ3v) is 2.48. The van der Waals surface area contributed by atoms with Gasteiger partial charge < -0.3 is 9.64 Å². The Morgan fingerprint density at radius 2 is 2.07 bits per heavy atom. The highest BCUT2D eigenvalue weighted by Gasteiger charge is 2.13. The van der Waals surface area contributed by atoms with E-state index in [0.717, 1.165) is 37.7 Å². The second-order valence-electron chi connectivity index (χ2n) is 3.20. The maximum atomic E-state index is 5.76. The summed E-state index contributed by atoms with van der Waals surface area (Å²) in [5.74, 6) is 0. The fraction of sp³-hybridized carbons (Fsp3) is 0.400. The zero-order chi connectivity index (χ0) is 9.97. The number of hydrogen-bond donors (Lipinski definition) is 0. The normalized spacial score (nSPS) is 17.1. The first-order chi connectivity index (χ1) is 6.77. The molecule has 2 heterocycles. The van der Waals surface area contributed by atoms with Crippen LogP contribution in [-0.2, 0) is 4.74 Å². The van der Waals surface area contributed by atoms with Crippen LogP contribution in [0.3, 0.4) is 0 Å². The van der Waals surface area contributed by atoms with Crippen molar-refractivity contribution in [2.75, 3.05) is 31.2 Å². The molecule has 0 saturated carbocycles. The van der Waals surface area contributed by atoms with Gasteiger partial charge in [-0.3, -0.25) is 0 Å². The lowest BCUT2D eigenvalue weighted by Gasteiger charge is -2.29. The summed E-state index contributed by atoms with van der Waals surface area (Å²) >= 11 is 5.76. The minimum atomic E-state index is 0.493. The monoisotopic (exact) mass is 211 g/mol. The van der Waals surface area contributed by atoms with E-state index in [4.69, 9.17) is 16.3 Å². The summed E-state index contributed by atoms with van der Waals surface area (Å²) in [4.78, 5) is 6.34. The Morgan fingerprint density at radius 3 is 2.71 bits per heavy atom. The number of anilines is 1. The highest BCUT2D eigenvalue weighted by molar-refractivity contribution is 6.29. The van der Waals surface area contributed by atoms with Crippen LogP contribution in [0.5, 0.6) is 0 Å². The lowest BCUT2D eigenvalue weighted by Crippen LogP contribution is -2.36. The molecule has 75 valence electrons. The predicted octanol–water partition coefficient (Wildman–Crippen LogP) is 1.75. The maximum absolute atomic E-state index is 5.76. The highest BCUT2D eigenvalue weighted by atomic mass is 35.5. The second-order valence-corrected chi connectivity index (χ2v) is 3.59. The summed E-state index contributed by atoms with van der Waals surface area (Å²) in [6.07, 6.45) is 0. The number of hydrogen-bond acceptors (Lipinski definition) is 3. The van der Waals surface area contributed by atoms with Crippen LogP contribution in [0.2, 0.25) is 5.15 Å². The molecule has 4 heteroatoms. The molecule has 1 aromatic heterocycles. The van der Waals surface area contributed by atoms with Crippen LogP contribution in [0, 0.1) is 6.92 Å². The Balaban J connectivity index is 2.22. The topological polar surface area (TPSA) is 25.4 Å². The summed E-state index contributed by atoms with van der Waals surface area (Å²) in [6.45, 7) is 7.20. The van der Waals surface area contributed by atoms with Crippen LogP contribution in [0.25, 0.3) is 0 Å². The average molecular weight is 212 g/mol. The van der Waals surface area contributed by atoms with E-state index in [9.17, 15) is 0 Å². The number of rotatable bonds is 1. The van der Waals surface area contributed by atoms with E-state index < -0.39 is 0 Å². The van der Waals surface area contributed by atoms with Crippen molar-refractivity contribution in [2.45, 2.75) is 0 Å². The molecule has 1 aromatic rings. The first-order valence-electron chi connectivity index (χ1n) is 4.58. The largest absolute Gasteiger partial charge is 0.378 e. The summed E-state index contributed by atoms with van der Waals surface area (Å²) in [7, 11) is 0. The molecular formula is C10H12ClN2O. The van der Waals surface area contributed by atoms with Gasteiger partial charge in [-0.1, -0.05) is 11.6 Å². The Hall–Kier alpha value is -0.800. The molecule has 0 bridgehead atoms. The number of halogens is 1. The summed E-state index contributed by atoms with van der Waals surface area (Å²) in [6, 6.07) is 3.75. The van der Waals surface area contributed by atoms with E-state index in [1.165, 1.54) is 0 Å². The number of nitrogens with zero attached hydrogens (tertiary/aromatic N) is 2. The van der Waals surface area contributed by atoms with Crippen LogP contribution in [0.15, 0.2) is 12.1 Å². The molecule has 0 unspecified atom stereocenters. The van der Waals surface area contributed by atoms with Crippen molar-refractivity contribution in [3.8, 4) is 0 Å². The van der Waals surface area contributed by atoms with Crippen molar-refractivity contribution in [1.29, 1.82) is 0 Å². The highest BCUT2D eigenvalue weighted by Crippen LogP contribution is 2.21. The zero-order valence-electron chi connectivity index (χ0n) is 7.87. The van der Waals surface area contributed by atoms with Crippen LogP contribution >= 0.6 is 11.6 Å². The molecule has 2 rings (SSSR count). The van der Waals surface area contributed by atoms with E-state index in [1.807, 2.05) is 6.07 Å². The molecule has 0 aromatic carbocycles. The molecule has 1 aliphatic rings. The lowest BCUT2D eigenvalue weighted by atomic mass is 10.2. The van der Waals surface area contributed by atoms with Gasteiger partial charge in [-0.2, -0.15) is 0 Å². The smallest absolute Gasteiger partial charge is 0.129 e. The van der Waals surface area contributed by atoms with Crippen LogP contribution < -0.4 is 4.90 Å². The van der Waals surface area contributed by atoms with Crippen LogP contribution in [0.4, 0.5) is 5.69 Å². The average Bonchev–Trinajstić information content (AvgIpc) is 2.19. The quantitative estimate of drug-likeness (QED) is 0.662. The standard InChI is InChI=1S/C10H12ClN2O/c1-8-9(2-3-10(11)12-8)13-4-6-14-7-5-13/h2-3H,1,4-7H2. The molecule has 0 atom stereocenters. The minimum Gasteiger partial charge on any atom is -0.378 e. The number of morpholine rings is 1. The summed E-state index contributed by atoms with van der Waals surface area (Å²) < 4.78 is 5.28. The van der Waals surface area contributed by atoms with E-state index in [0.29, 0.717) is 5.15 Å². The molecule has 1 saturated heterocycles. The second kappa shape index (κ2) is 4.15. The lowest BCUT2D eigenvalue weighted by molar-refractivity contribution is 0.122. The third-order valence-electron chi connectivity index (χ3n) is 2.27. The molecule has 0 N–H and O–H groups in total. The zero-order valence-corrected chi connectivity index (χ0v) is 8.63. The van der Waals surface area contributed by atoms with Crippen LogP contribution in [0.1, 0.15) is 5.69 Å². The van der Waals surface area contributed by atoms with Gasteiger partial charge in [0.05, 0.1) is 24.6 Å². The predicted molar refractivity (Wildman–Crippen MR) is 56.7 cm³/mol. The van der Waals surface area contributed by atoms with Crippen molar-refractivity contribution in [2.24, 2.45) is 0 Å². The molecule has 3 nitrogen and oxygen atoms in total. The van der Waals surface area contributed by atoms with Gasteiger partial charge >= 0.3 is 0 Å². The fourth-order valence-electron chi connectivity index (χ4n) is 1.56. The van der Waals surface area contributed by atoms with Gasteiger partial charge in [0.15, 0.2) is 0 Å². The van der Waals surface area contributed by atoms with Gasteiger partial charge in [0, 0.05) is 13.1 Å². The van der Waals surface area contributed by atoms with Gasteiger partial charge in [0.1, 0.15) is 5.15 Å². The molecule has 1 fully saturated rings. The Kier molecular flexibility index (Phi) is 2.89. The maximum Gasteiger partial charge on any atom is 0.129 e. The van der Waals surface area contributed by atoms with Crippen molar-refractivity contribution in [3.63, 3.8) is 0 Å². The van der Waals surface area contributed by atoms with E-state index in [-0.39, 0.29) is 0 Å². The summed E-state index contributed by atoms with van der Waals surface area (Å²) in [5, 5.41) is 0.493. The fourth-order valence-corrected chi connectivity index (χ4v) is 1.72. The van der Waals surface area contributed by atoms with Crippen molar-refractivity contribution in [3.05, 3.63) is 29.9 Å².